The van der Waals surface area contributed by atoms with Gasteiger partial charge in [-0.2, -0.15) is 0 Å². The first-order chi connectivity index (χ1) is 8.54. The molecule has 5 nitrogen and oxygen atoms in total. The van der Waals surface area contributed by atoms with E-state index < -0.39 is 11.9 Å². The van der Waals surface area contributed by atoms with Gasteiger partial charge in [0.05, 0.1) is 11.7 Å². The van der Waals surface area contributed by atoms with Crippen LogP contribution in [-0.2, 0) is 7.05 Å². The Hall–Kier alpha value is -1.02. The highest BCUT2D eigenvalue weighted by molar-refractivity contribution is 9.10. The lowest BCUT2D eigenvalue weighted by Gasteiger charge is -2.17. The first-order valence-corrected chi connectivity index (χ1v) is 6.18. The van der Waals surface area contributed by atoms with E-state index in [9.17, 15) is 4.39 Å². The van der Waals surface area contributed by atoms with Gasteiger partial charge in [-0.1, -0.05) is 16.8 Å². The maximum absolute atomic E-state index is 13.8. The summed E-state index contributed by atoms with van der Waals surface area (Å²) >= 11 is 9.13. The zero-order valence-electron chi connectivity index (χ0n) is 9.36. The second-order valence-electron chi connectivity index (χ2n) is 3.65. The van der Waals surface area contributed by atoms with E-state index in [2.05, 4.69) is 31.7 Å². The summed E-state index contributed by atoms with van der Waals surface area (Å²) in [5.41, 5.74) is 3.48. The number of rotatable bonds is 3. The van der Waals surface area contributed by atoms with Gasteiger partial charge in [0.25, 0.3) is 0 Å². The predicted octanol–water partition coefficient (Wildman–Crippen LogP) is 1.92. The van der Waals surface area contributed by atoms with Crippen LogP contribution in [0.15, 0.2) is 22.8 Å². The Kier molecular flexibility index (Phi) is 3.96. The van der Waals surface area contributed by atoms with Crippen molar-refractivity contribution in [2.45, 2.75) is 6.04 Å². The van der Waals surface area contributed by atoms with E-state index in [1.165, 1.54) is 22.9 Å². The van der Waals surface area contributed by atoms with Gasteiger partial charge in [-0.3, -0.25) is 5.84 Å². The van der Waals surface area contributed by atoms with Crippen molar-refractivity contribution >= 4 is 27.5 Å². The normalized spacial score (nSPS) is 12.7. The van der Waals surface area contributed by atoms with E-state index in [0.717, 1.165) is 0 Å². The lowest BCUT2D eigenvalue weighted by Crippen LogP contribution is -2.31. The standard InChI is InChI=1S/C10H10BrClFN5/c1-18-9(10(11)16-17-18)8(15-14)6-4-5(12)2-3-7(6)13/h2-4,8,15H,14H2,1H3. The molecule has 1 aromatic carbocycles. The number of aryl methyl sites for hydroxylation is 1. The molecule has 2 rings (SSSR count). The maximum Gasteiger partial charge on any atom is 0.153 e. The number of nitrogens with two attached hydrogens (primary N) is 1. The first-order valence-electron chi connectivity index (χ1n) is 5.00. The van der Waals surface area contributed by atoms with Crippen LogP contribution >= 0.6 is 27.5 Å². The predicted molar refractivity (Wildman–Crippen MR) is 69.3 cm³/mol. The van der Waals surface area contributed by atoms with Crippen molar-refractivity contribution in [3.05, 3.63) is 44.9 Å². The minimum atomic E-state index is -0.599. The van der Waals surface area contributed by atoms with Gasteiger partial charge in [0.2, 0.25) is 0 Å². The van der Waals surface area contributed by atoms with Crippen LogP contribution in [0.25, 0.3) is 0 Å². The molecule has 0 radical (unpaired) electrons. The first kappa shape index (κ1) is 13.4. The molecule has 0 bridgehead atoms. The summed E-state index contributed by atoms with van der Waals surface area (Å²) in [6, 6.07) is 3.68. The number of nitrogens with one attached hydrogen (secondary N) is 1. The van der Waals surface area contributed by atoms with Crippen molar-refractivity contribution in [1.82, 2.24) is 20.4 Å². The Morgan fingerprint density at radius 3 is 2.83 bits per heavy atom. The van der Waals surface area contributed by atoms with Crippen molar-refractivity contribution in [2.24, 2.45) is 12.9 Å². The highest BCUT2D eigenvalue weighted by atomic mass is 79.9. The summed E-state index contributed by atoms with van der Waals surface area (Å²) in [6.07, 6.45) is 0. The lowest BCUT2D eigenvalue weighted by atomic mass is 10.0. The van der Waals surface area contributed by atoms with Gasteiger partial charge in [-0.25, -0.2) is 14.5 Å². The SMILES string of the molecule is Cn1nnc(Br)c1C(NN)c1cc(Cl)ccc1F. The van der Waals surface area contributed by atoms with Crippen LogP contribution in [-0.4, -0.2) is 15.0 Å². The molecular weight excluding hydrogens is 325 g/mol. The second kappa shape index (κ2) is 5.31. The van der Waals surface area contributed by atoms with E-state index in [4.69, 9.17) is 17.4 Å². The molecular formula is C10H10BrClFN5. The molecule has 0 aliphatic carbocycles. The summed E-state index contributed by atoms with van der Waals surface area (Å²) in [5, 5.41) is 8.10. The van der Waals surface area contributed by atoms with Gasteiger partial charge in [0.15, 0.2) is 4.60 Å². The van der Waals surface area contributed by atoms with Crippen molar-refractivity contribution in [3.8, 4) is 0 Å². The van der Waals surface area contributed by atoms with E-state index in [1.807, 2.05) is 0 Å². The minimum absolute atomic E-state index is 0.330. The molecule has 0 spiro atoms. The zero-order chi connectivity index (χ0) is 13.3. The molecule has 8 heteroatoms. The highest BCUT2D eigenvalue weighted by Crippen LogP contribution is 2.29. The second-order valence-corrected chi connectivity index (χ2v) is 4.84. The molecule has 0 saturated heterocycles. The summed E-state index contributed by atoms with van der Waals surface area (Å²) < 4.78 is 15.8. The quantitative estimate of drug-likeness (QED) is 0.665. The van der Waals surface area contributed by atoms with Crippen LogP contribution in [0.4, 0.5) is 4.39 Å². The molecule has 96 valence electrons. The van der Waals surface area contributed by atoms with Crippen LogP contribution < -0.4 is 11.3 Å². The summed E-state index contributed by atoms with van der Waals surface area (Å²) in [6.45, 7) is 0. The van der Waals surface area contributed by atoms with Crippen molar-refractivity contribution < 1.29 is 4.39 Å². The summed E-state index contributed by atoms with van der Waals surface area (Å²) in [5.74, 6) is 5.10. The Balaban J connectivity index is 2.55. The molecule has 3 N–H and O–H groups in total. The zero-order valence-corrected chi connectivity index (χ0v) is 11.7. The number of benzene rings is 1. The fraction of sp³-hybridized carbons (Fsp3) is 0.200. The van der Waals surface area contributed by atoms with Gasteiger partial charge in [0.1, 0.15) is 5.82 Å². The molecule has 18 heavy (non-hydrogen) atoms. The third-order valence-corrected chi connectivity index (χ3v) is 3.34. The largest absolute Gasteiger partial charge is 0.271 e. The van der Waals surface area contributed by atoms with Gasteiger partial charge in [-0.05, 0) is 34.1 Å². The Morgan fingerprint density at radius 1 is 1.56 bits per heavy atom. The molecule has 1 atom stereocenters. The van der Waals surface area contributed by atoms with Crippen LogP contribution in [0, 0.1) is 5.82 Å². The summed E-state index contributed by atoms with van der Waals surface area (Å²) in [4.78, 5) is 0. The Labute approximate surface area is 116 Å². The molecule has 2 aromatic rings. The van der Waals surface area contributed by atoms with Gasteiger partial charge >= 0.3 is 0 Å². The minimum Gasteiger partial charge on any atom is -0.271 e. The van der Waals surface area contributed by atoms with E-state index in [-0.39, 0.29) is 0 Å². The number of hydrogen-bond donors (Lipinski definition) is 2. The number of nitrogens with zero attached hydrogens (tertiary/aromatic N) is 3. The average Bonchev–Trinajstić information content (AvgIpc) is 2.66. The topological polar surface area (TPSA) is 68.8 Å². The Bertz CT molecular complexity index is 554. The molecule has 0 amide bonds. The van der Waals surface area contributed by atoms with Crippen molar-refractivity contribution in [1.29, 1.82) is 0 Å². The average molecular weight is 335 g/mol. The molecule has 0 fully saturated rings. The molecule has 1 unspecified atom stereocenters. The van der Waals surface area contributed by atoms with E-state index >= 15 is 0 Å². The fourth-order valence-electron chi connectivity index (χ4n) is 1.70. The monoisotopic (exact) mass is 333 g/mol. The van der Waals surface area contributed by atoms with E-state index in [0.29, 0.717) is 20.9 Å². The highest BCUT2D eigenvalue weighted by Gasteiger charge is 2.23. The smallest absolute Gasteiger partial charge is 0.153 e. The van der Waals surface area contributed by atoms with Crippen LogP contribution in [0.1, 0.15) is 17.3 Å². The van der Waals surface area contributed by atoms with Crippen molar-refractivity contribution in [2.75, 3.05) is 0 Å². The third kappa shape index (κ3) is 2.39. The molecule has 1 heterocycles. The van der Waals surface area contributed by atoms with Crippen LogP contribution in [0.3, 0.4) is 0 Å². The van der Waals surface area contributed by atoms with Crippen LogP contribution in [0.2, 0.25) is 5.02 Å². The van der Waals surface area contributed by atoms with Gasteiger partial charge in [-0.15, -0.1) is 5.10 Å². The lowest BCUT2D eigenvalue weighted by molar-refractivity contribution is 0.530. The van der Waals surface area contributed by atoms with Gasteiger partial charge < -0.3 is 0 Å². The van der Waals surface area contributed by atoms with E-state index in [1.54, 1.807) is 7.05 Å². The number of halogens is 3. The number of hydrazine groups is 1. The molecule has 0 aliphatic heterocycles. The number of hydrogen-bond acceptors (Lipinski definition) is 4. The molecule has 0 saturated carbocycles. The molecule has 1 aromatic heterocycles. The molecule has 0 aliphatic rings. The van der Waals surface area contributed by atoms with Crippen molar-refractivity contribution in [3.63, 3.8) is 0 Å². The fourth-order valence-corrected chi connectivity index (χ4v) is 2.43. The van der Waals surface area contributed by atoms with Gasteiger partial charge in [0, 0.05) is 17.6 Å². The maximum atomic E-state index is 13.8. The third-order valence-electron chi connectivity index (χ3n) is 2.54. The number of aromatic nitrogens is 3. The Morgan fingerprint density at radius 2 is 2.28 bits per heavy atom. The summed E-state index contributed by atoms with van der Waals surface area (Å²) in [7, 11) is 1.69. The van der Waals surface area contributed by atoms with Crippen LogP contribution in [0.5, 0.6) is 0 Å².